The number of hydrogen-bond acceptors (Lipinski definition) is 3. The summed E-state index contributed by atoms with van der Waals surface area (Å²) in [6.45, 7) is 2.95. The van der Waals surface area contributed by atoms with Gasteiger partial charge >= 0.3 is 0 Å². The number of thiophene rings is 1. The van der Waals surface area contributed by atoms with Crippen molar-refractivity contribution in [2.24, 2.45) is 5.92 Å². The average molecular weight is 291 g/mol. The van der Waals surface area contributed by atoms with Crippen molar-refractivity contribution in [1.29, 1.82) is 0 Å². The molecule has 3 nitrogen and oxygen atoms in total. The minimum absolute atomic E-state index is 0.00903. The number of nitrogens with one attached hydrogen (secondary N) is 1. The smallest absolute Gasteiger partial charge is 0.261 e. The van der Waals surface area contributed by atoms with Crippen LogP contribution in [-0.2, 0) is 0 Å². The predicted molar refractivity (Wildman–Crippen MR) is 84.3 cm³/mol. The molecule has 1 atom stereocenters. The zero-order valence-corrected chi connectivity index (χ0v) is 12.6. The second kappa shape index (κ2) is 7.41. The molecule has 1 unspecified atom stereocenters. The van der Waals surface area contributed by atoms with Crippen LogP contribution >= 0.6 is 11.3 Å². The van der Waals surface area contributed by atoms with Gasteiger partial charge in [0.2, 0.25) is 0 Å². The summed E-state index contributed by atoms with van der Waals surface area (Å²) in [6.07, 6.45) is 2.86. The van der Waals surface area contributed by atoms with Crippen molar-refractivity contribution in [2.75, 3.05) is 13.2 Å². The maximum atomic E-state index is 12.2. The number of aliphatic hydroxyl groups excluding tert-OH is 1. The van der Waals surface area contributed by atoms with Crippen LogP contribution in [0.1, 0.15) is 35.9 Å². The van der Waals surface area contributed by atoms with Crippen molar-refractivity contribution < 1.29 is 9.90 Å². The van der Waals surface area contributed by atoms with Crippen LogP contribution in [0, 0.1) is 5.92 Å². The topological polar surface area (TPSA) is 49.3 Å². The number of carbonyl (C=O) groups is 1. The molecule has 4 heteroatoms. The highest BCUT2D eigenvalue weighted by Gasteiger charge is 2.13. The number of benzene rings is 1. The van der Waals surface area contributed by atoms with Crippen molar-refractivity contribution in [1.82, 2.24) is 5.32 Å². The molecule has 0 saturated heterocycles. The van der Waals surface area contributed by atoms with E-state index in [1.165, 1.54) is 11.3 Å². The molecule has 0 aliphatic heterocycles. The van der Waals surface area contributed by atoms with Crippen molar-refractivity contribution in [3.63, 3.8) is 0 Å². The maximum absolute atomic E-state index is 12.2. The van der Waals surface area contributed by atoms with Crippen molar-refractivity contribution >= 4 is 27.3 Å². The van der Waals surface area contributed by atoms with Crippen LogP contribution in [0.15, 0.2) is 30.3 Å². The Morgan fingerprint density at radius 1 is 1.35 bits per heavy atom. The first-order chi connectivity index (χ1) is 9.74. The summed E-state index contributed by atoms with van der Waals surface area (Å²) in [6, 6.07) is 9.96. The molecule has 0 bridgehead atoms. The third-order valence-electron chi connectivity index (χ3n) is 3.43. The molecule has 1 amide bonds. The molecule has 1 aromatic carbocycles. The van der Waals surface area contributed by atoms with Gasteiger partial charge in [-0.3, -0.25) is 4.79 Å². The summed E-state index contributed by atoms with van der Waals surface area (Å²) < 4.78 is 1.14. The molecule has 1 heterocycles. The third-order valence-corrected chi connectivity index (χ3v) is 4.55. The Labute approximate surface area is 123 Å². The lowest BCUT2D eigenvalue weighted by Gasteiger charge is -2.15. The molecule has 2 N–H and O–H groups in total. The van der Waals surface area contributed by atoms with Crippen LogP contribution in [0.3, 0.4) is 0 Å². The summed E-state index contributed by atoms with van der Waals surface area (Å²) in [4.78, 5) is 12.9. The quantitative estimate of drug-likeness (QED) is 0.821. The number of aliphatic hydroxyl groups is 1. The Morgan fingerprint density at radius 3 is 2.85 bits per heavy atom. The number of hydrogen-bond donors (Lipinski definition) is 2. The van der Waals surface area contributed by atoms with Gasteiger partial charge in [-0.15, -0.1) is 11.3 Å². The second-order valence-electron chi connectivity index (χ2n) is 5.03. The molecule has 0 fully saturated rings. The number of rotatable bonds is 7. The molecule has 0 aliphatic rings. The van der Waals surface area contributed by atoms with Gasteiger partial charge in [0, 0.05) is 17.9 Å². The normalized spacial score (nSPS) is 12.5. The molecule has 2 rings (SSSR count). The summed E-state index contributed by atoms with van der Waals surface area (Å²) in [5, 5.41) is 13.1. The summed E-state index contributed by atoms with van der Waals surface area (Å²) in [5.74, 6) is 0.355. The first-order valence-corrected chi connectivity index (χ1v) is 7.94. The zero-order valence-electron chi connectivity index (χ0n) is 11.8. The van der Waals surface area contributed by atoms with Crippen LogP contribution < -0.4 is 5.32 Å². The fourth-order valence-electron chi connectivity index (χ4n) is 2.36. The van der Waals surface area contributed by atoms with Gasteiger partial charge in [0.1, 0.15) is 0 Å². The Balaban J connectivity index is 1.97. The van der Waals surface area contributed by atoms with Gasteiger partial charge in [0.05, 0.1) is 4.88 Å². The number of carbonyl (C=O) groups excluding carboxylic acids is 1. The minimum atomic E-state index is -0.00903. The van der Waals surface area contributed by atoms with Crippen molar-refractivity contribution in [2.45, 2.75) is 26.2 Å². The van der Waals surface area contributed by atoms with Crippen LogP contribution in [0.5, 0.6) is 0 Å². The molecule has 2 aromatic rings. The van der Waals surface area contributed by atoms with E-state index in [0.717, 1.165) is 34.2 Å². The standard InChI is InChI=1S/C16H21NO2S/c1-2-5-12(8-9-18)11-17-16(19)15-10-13-6-3-4-7-14(13)20-15/h3-4,6-7,10,12,18H,2,5,8-9,11H2,1H3,(H,17,19). The van der Waals surface area contributed by atoms with Crippen LogP contribution in [0.25, 0.3) is 10.1 Å². The van der Waals surface area contributed by atoms with Gasteiger partial charge in [-0.1, -0.05) is 31.5 Å². The van der Waals surface area contributed by atoms with Crippen molar-refractivity contribution in [3.8, 4) is 0 Å². The van der Waals surface area contributed by atoms with Gasteiger partial charge in [-0.2, -0.15) is 0 Å². The SMILES string of the molecule is CCCC(CCO)CNC(=O)c1cc2ccccc2s1. The van der Waals surface area contributed by atoms with Crippen LogP contribution in [-0.4, -0.2) is 24.2 Å². The summed E-state index contributed by atoms with van der Waals surface area (Å²) >= 11 is 1.52. The van der Waals surface area contributed by atoms with Gasteiger partial charge in [0.25, 0.3) is 5.91 Å². The van der Waals surface area contributed by atoms with E-state index in [9.17, 15) is 4.79 Å². The van der Waals surface area contributed by atoms with E-state index in [1.54, 1.807) is 0 Å². The fraction of sp³-hybridized carbons (Fsp3) is 0.438. The van der Waals surface area contributed by atoms with E-state index in [1.807, 2.05) is 30.3 Å². The molecular formula is C16H21NO2S. The number of fused-ring (bicyclic) bond motifs is 1. The molecule has 0 saturated carbocycles. The Bertz CT molecular complexity index is 525. The highest BCUT2D eigenvalue weighted by atomic mass is 32.1. The Kier molecular flexibility index (Phi) is 5.56. The van der Waals surface area contributed by atoms with Crippen molar-refractivity contribution in [3.05, 3.63) is 35.2 Å². The molecule has 0 aliphatic carbocycles. The third kappa shape index (κ3) is 3.81. The summed E-state index contributed by atoms with van der Waals surface area (Å²) in [5.41, 5.74) is 0. The Morgan fingerprint density at radius 2 is 2.15 bits per heavy atom. The summed E-state index contributed by atoms with van der Waals surface area (Å²) in [7, 11) is 0. The predicted octanol–water partition coefficient (Wildman–Crippen LogP) is 3.43. The number of amides is 1. The zero-order chi connectivity index (χ0) is 14.4. The first kappa shape index (κ1) is 15.0. The maximum Gasteiger partial charge on any atom is 0.261 e. The molecule has 20 heavy (non-hydrogen) atoms. The highest BCUT2D eigenvalue weighted by molar-refractivity contribution is 7.20. The lowest BCUT2D eigenvalue weighted by atomic mass is 10.0. The highest BCUT2D eigenvalue weighted by Crippen LogP contribution is 2.25. The van der Waals surface area contributed by atoms with E-state index in [2.05, 4.69) is 12.2 Å². The molecule has 108 valence electrons. The van der Waals surface area contributed by atoms with E-state index in [-0.39, 0.29) is 12.5 Å². The lowest BCUT2D eigenvalue weighted by molar-refractivity contribution is 0.0947. The van der Waals surface area contributed by atoms with Gasteiger partial charge in [-0.25, -0.2) is 0 Å². The fourth-order valence-corrected chi connectivity index (χ4v) is 3.34. The van der Waals surface area contributed by atoms with Gasteiger partial charge < -0.3 is 10.4 Å². The molecular weight excluding hydrogens is 270 g/mol. The Hall–Kier alpha value is -1.39. The monoisotopic (exact) mass is 291 g/mol. The van der Waals surface area contributed by atoms with E-state index in [4.69, 9.17) is 5.11 Å². The second-order valence-corrected chi connectivity index (χ2v) is 6.11. The van der Waals surface area contributed by atoms with Crippen LogP contribution in [0.2, 0.25) is 0 Å². The van der Waals surface area contributed by atoms with Gasteiger partial charge in [-0.05, 0) is 36.3 Å². The van der Waals surface area contributed by atoms with E-state index < -0.39 is 0 Å². The van der Waals surface area contributed by atoms with E-state index in [0.29, 0.717) is 12.5 Å². The average Bonchev–Trinajstić information content (AvgIpc) is 2.89. The molecule has 0 radical (unpaired) electrons. The van der Waals surface area contributed by atoms with E-state index >= 15 is 0 Å². The first-order valence-electron chi connectivity index (χ1n) is 7.12. The lowest BCUT2D eigenvalue weighted by Crippen LogP contribution is -2.29. The molecule has 1 aromatic heterocycles. The van der Waals surface area contributed by atoms with Gasteiger partial charge in [0.15, 0.2) is 0 Å². The van der Waals surface area contributed by atoms with Crippen LogP contribution in [0.4, 0.5) is 0 Å². The largest absolute Gasteiger partial charge is 0.396 e. The minimum Gasteiger partial charge on any atom is -0.396 e. The molecule has 0 spiro atoms.